The monoisotopic (exact) mass is 439 g/mol. The van der Waals surface area contributed by atoms with Gasteiger partial charge in [-0.25, -0.2) is 4.79 Å². The first-order valence-electron chi connectivity index (χ1n) is 10.9. The van der Waals surface area contributed by atoms with Crippen LogP contribution in [0.5, 0.6) is 0 Å². The molecule has 0 spiro atoms. The van der Waals surface area contributed by atoms with Crippen molar-refractivity contribution in [3.8, 4) is 0 Å². The van der Waals surface area contributed by atoms with Crippen LogP contribution >= 0.6 is 0 Å². The Bertz CT molecular complexity index is 917. The first-order valence-corrected chi connectivity index (χ1v) is 10.9. The van der Waals surface area contributed by atoms with Crippen molar-refractivity contribution >= 4 is 17.7 Å². The number of rotatable bonds is 8. The second-order valence-corrected chi connectivity index (χ2v) is 8.26. The molecular formula is C24H29N3O5. The van der Waals surface area contributed by atoms with Crippen molar-refractivity contribution in [2.75, 3.05) is 0 Å². The van der Waals surface area contributed by atoms with Crippen LogP contribution in [0, 0.1) is 16.0 Å². The fraction of sp³-hybridized carbons (Fsp3) is 0.417. The van der Waals surface area contributed by atoms with E-state index in [4.69, 9.17) is 4.74 Å². The second kappa shape index (κ2) is 11.3. The van der Waals surface area contributed by atoms with Gasteiger partial charge in [-0.3, -0.25) is 14.9 Å². The molecule has 2 aromatic carbocycles. The summed E-state index contributed by atoms with van der Waals surface area (Å²) in [6.07, 6.45) is 3.71. The Kier molecular flexibility index (Phi) is 8.19. The van der Waals surface area contributed by atoms with Crippen LogP contribution < -0.4 is 10.6 Å². The number of nitrogens with zero attached hydrogens (tertiary/aromatic N) is 1. The van der Waals surface area contributed by atoms with Crippen LogP contribution in [0.25, 0.3) is 0 Å². The van der Waals surface area contributed by atoms with Crippen molar-refractivity contribution < 1.29 is 19.2 Å². The molecule has 1 saturated carbocycles. The summed E-state index contributed by atoms with van der Waals surface area (Å²) < 4.78 is 5.29. The Morgan fingerprint density at radius 1 is 1.06 bits per heavy atom. The number of nitrogens with one attached hydrogen (secondary N) is 2. The van der Waals surface area contributed by atoms with Gasteiger partial charge < -0.3 is 15.4 Å². The minimum absolute atomic E-state index is 0.0268. The van der Waals surface area contributed by atoms with Gasteiger partial charge in [-0.05, 0) is 29.9 Å². The molecule has 0 radical (unpaired) electrons. The number of hydrogen-bond acceptors (Lipinski definition) is 5. The number of non-ortho nitro benzene ring substituents is 1. The molecule has 0 saturated heterocycles. The number of amides is 2. The molecule has 170 valence electrons. The maximum Gasteiger partial charge on any atom is 0.408 e. The lowest BCUT2D eigenvalue weighted by molar-refractivity contribution is -0.384. The number of hydrogen-bond donors (Lipinski definition) is 2. The van der Waals surface area contributed by atoms with Gasteiger partial charge in [0.25, 0.3) is 5.69 Å². The molecule has 2 amide bonds. The zero-order valence-corrected chi connectivity index (χ0v) is 18.2. The molecule has 0 aromatic heterocycles. The van der Waals surface area contributed by atoms with Crippen molar-refractivity contribution in [2.45, 2.75) is 57.7 Å². The molecule has 3 atom stereocenters. The lowest BCUT2D eigenvalue weighted by atomic mass is 9.85. The van der Waals surface area contributed by atoms with Crippen LogP contribution in [-0.4, -0.2) is 29.0 Å². The zero-order chi connectivity index (χ0) is 22.9. The van der Waals surface area contributed by atoms with Crippen molar-refractivity contribution in [1.82, 2.24) is 10.6 Å². The number of alkyl carbamates (subject to hydrolysis) is 1. The van der Waals surface area contributed by atoms with Gasteiger partial charge >= 0.3 is 6.09 Å². The lowest BCUT2D eigenvalue weighted by Gasteiger charge is -2.31. The summed E-state index contributed by atoms with van der Waals surface area (Å²) in [6.45, 7) is 2.22. The molecule has 32 heavy (non-hydrogen) atoms. The van der Waals surface area contributed by atoms with E-state index in [1.165, 1.54) is 12.1 Å². The van der Waals surface area contributed by atoms with Crippen molar-refractivity contribution in [2.24, 2.45) is 5.92 Å². The number of carbonyl (C=O) groups excluding carboxylic acids is 2. The summed E-state index contributed by atoms with van der Waals surface area (Å²) in [4.78, 5) is 35.9. The Hall–Kier alpha value is -3.42. The van der Waals surface area contributed by atoms with E-state index in [-0.39, 0.29) is 30.7 Å². The van der Waals surface area contributed by atoms with E-state index < -0.39 is 17.1 Å². The third-order valence-corrected chi connectivity index (χ3v) is 5.85. The number of ether oxygens (including phenoxy) is 1. The first-order chi connectivity index (χ1) is 15.4. The van der Waals surface area contributed by atoms with Gasteiger partial charge in [-0.2, -0.15) is 0 Å². The molecular weight excluding hydrogens is 410 g/mol. The molecule has 1 fully saturated rings. The van der Waals surface area contributed by atoms with E-state index in [1.807, 2.05) is 30.3 Å². The van der Waals surface area contributed by atoms with Crippen molar-refractivity contribution in [1.29, 1.82) is 0 Å². The average Bonchev–Trinajstić information content (AvgIpc) is 2.80. The minimum atomic E-state index is -0.853. The molecule has 1 aliphatic rings. The van der Waals surface area contributed by atoms with Gasteiger partial charge in [0.2, 0.25) is 5.91 Å². The quantitative estimate of drug-likeness (QED) is 0.475. The number of benzene rings is 2. The van der Waals surface area contributed by atoms with Crippen molar-refractivity contribution in [3.63, 3.8) is 0 Å². The van der Waals surface area contributed by atoms with E-state index in [1.54, 1.807) is 12.1 Å². The summed E-state index contributed by atoms with van der Waals surface area (Å²) in [7, 11) is 0. The molecule has 3 rings (SSSR count). The highest BCUT2D eigenvalue weighted by Crippen LogP contribution is 2.24. The number of nitro groups is 1. The molecule has 2 aromatic rings. The van der Waals surface area contributed by atoms with Crippen LogP contribution in [0.15, 0.2) is 54.6 Å². The van der Waals surface area contributed by atoms with E-state index in [0.29, 0.717) is 11.5 Å². The van der Waals surface area contributed by atoms with E-state index in [9.17, 15) is 19.7 Å². The number of nitro benzene ring substituents is 1. The highest BCUT2D eigenvalue weighted by molar-refractivity contribution is 5.86. The Morgan fingerprint density at radius 2 is 1.75 bits per heavy atom. The highest BCUT2D eigenvalue weighted by Gasteiger charge is 2.28. The molecule has 0 unspecified atom stereocenters. The fourth-order valence-electron chi connectivity index (χ4n) is 3.92. The SMILES string of the molecule is C[C@@H]1CCCC[C@H]1NC(=O)[C@H](Cc1ccc([N+](=O)[O-])cc1)NC(=O)OCc1ccccc1. The van der Waals surface area contributed by atoms with Gasteiger partial charge in [0.1, 0.15) is 12.6 Å². The molecule has 1 aliphatic carbocycles. The summed E-state index contributed by atoms with van der Waals surface area (Å²) in [5.74, 6) is 0.0940. The van der Waals surface area contributed by atoms with Crippen molar-refractivity contribution in [3.05, 3.63) is 75.8 Å². The van der Waals surface area contributed by atoms with Gasteiger partial charge in [-0.1, -0.05) is 62.2 Å². The number of carbonyl (C=O) groups is 2. The predicted octanol–water partition coefficient (Wildman–Crippen LogP) is 4.13. The molecule has 0 aliphatic heterocycles. The normalized spacial score (nSPS) is 18.9. The smallest absolute Gasteiger partial charge is 0.408 e. The standard InChI is InChI=1S/C24H29N3O5/c1-17-7-5-6-10-21(17)25-23(28)22(15-18-11-13-20(14-12-18)27(30)31)26-24(29)32-16-19-8-3-2-4-9-19/h2-4,8-9,11-14,17,21-22H,5-7,10,15-16H2,1H3,(H,25,28)(H,26,29)/t17-,21-,22+/m1/s1. The third-order valence-electron chi connectivity index (χ3n) is 5.85. The highest BCUT2D eigenvalue weighted by atomic mass is 16.6. The first kappa shape index (κ1) is 23.2. The van der Waals surface area contributed by atoms with Gasteiger partial charge in [0.15, 0.2) is 0 Å². The predicted molar refractivity (Wildman–Crippen MR) is 120 cm³/mol. The molecule has 8 nitrogen and oxygen atoms in total. The van der Waals surface area contributed by atoms with Gasteiger partial charge in [0.05, 0.1) is 4.92 Å². The largest absolute Gasteiger partial charge is 0.445 e. The maximum absolute atomic E-state index is 13.1. The molecule has 0 bridgehead atoms. The topological polar surface area (TPSA) is 111 Å². The van der Waals surface area contributed by atoms with Crippen LogP contribution in [-0.2, 0) is 22.6 Å². The summed E-state index contributed by atoms with van der Waals surface area (Å²) in [5.41, 5.74) is 1.52. The van der Waals surface area contributed by atoms with Crippen LogP contribution in [0.1, 0.15) is 43.7 Å². The van der Waals surface area contributed by atoms with Crippen LogP contribution in [0.4, 0.5) is 10.5 Å². The fourth-order valence-corrected chi connectivity index (χ4v) is 3.92. The zero-order valence-electron chi connectivity index (χ0n) is 18.2. The summed E-state index contributed by atoms with van der Waals surface area (Å²) in [5, 5.41) is 16.6. The Morgan fingerprint density at radius 3 is 2.41 bits per heavy atom. The molecule has 8 heteroatoms. The minimum Gasteiger partial charge on any atom is -0.445 e. The average molecular weight is 440 g/mol. The van der Waals surface area contributed by atoms with Gasteiger partial charge in [-0.15, -0.1) is 0 Å². The van der Waals surface area contributed by atoms with E-state index >= 15 is 0 Å². The van der Waals surface area contributed by atoms with Crippen LogP contribution in [0.2, 0.25) is 0 Å². The Balaban J connectivity index is 1.66. The lowest BCUT2D eigenvalue weighted by Crippen LogP contribution is -2.52. The third kappa shape index (κ3) is 6.80. The van der Waals surface area contributed by atoms with Crippen LogP contribution in [0.3, 0.4) is 0 Å². The van der Waals surface area contributed by atoms with E-state index in [0.717, 1.165) is 31.2 Å². The summed E-state index contributed by atoms with van der Waals surface area (Å²) in [6, 6.07) is 14.5. The summed E-state index contributed by atoms with van der Waals surface area (Å²) >= 11 is 0. The Labute approximate surface area is 187 Å². The second-order valence-electron chi connectivity index (χ2n) is 8.26. The molecule has 2 N–H and O–H groups in total. The van der Waals surface area contributed by atoms with Gasteiger partial charge in [0, 0.05) is 24.6 Å². The van der Waals surface area contributed by atoms with E-state index in [2.05, 4.69) is 17.6 Å². The maximum atomic E-state index is 13.1. The molecule has 0 heterocycles.